The van der Waals surface area contributed by atoms with Crippen LogP contribution in [0, 0.1) is 13.8 Å². The number of carbonyl (C=O) groups is 2. The molecule has 0 aliphatic carbocycles. The quantitative estimate of drug-likeness (QED) is 0.776. The van der Waals surface area contributed by atoms with Gasteiger partial charge in [-0.05, 0) is 43.5 Å². The number of fused-ring (bicyclic) bond motifs is 1. The molecule has 2 aliphatic rings. The van der Waals surface area contributed by atoms with E-state index in [0.717, 1.165) is 24.0 Å². The smallest absolute Gasteiger partial charge is 0.409 e. The fourth-order valence-electron chi connectivity index (χ4n) is 3.52. The first-order chi connectivity index (χ1) is 11.9. The van der Waals surface area contributed by atoms with E-state index >= 15 is 0 Å². The van der Waals surface area contributed by atoms with Gasteiger partial charge in [0.1, 0.15) is 11.4 Å². The molecule has 0 unspecified atom stereocenters. The molecule has 3 rings (SSSR count). The molecule has 0 atom stereocenters. The summed E-state index contributed by atoms with van der Waals surface area (Å²) in [5, 5.41) is 0. The number of carbonyl (C=O) groups excluding carboxylic acids is 2. The third kappa shape index (κ3) is 3.65. The van der Waals surface area contributed by atoms with Gasteiger partial charge in [0.25, 0.3) is 0 Å². The third-order valence-corrected chi connectivity index (χ3v) is 5.36. The number of ether oxygens (including phenoxy) is 2. The highest BCUT2D eigenvalue weighted by Gasteiger charge is 2.44. The van der Waals surface area contributed by atoms with Crippen molar-refractivity contribution in [2.24, 2.45) is 0 Å². The van der Waals surface area contributed by atoms with Crippen molar-refractivity contribution in [2.75, 3.05) is 19.7 Å². The average Bonchev–Trinajstić information content (AvgIpc) is 2.58. The predicted octanol–water partition coefficient (Wildman–Crippen LogP) is 4.04. The lowest BCUT2D eigenvalue weighted by Gasteiger charge is -2.43. The van der Waals surface area contributed by atoms with Crippen molar-refractivity contribution in [3.05, 3.63) is 28.8 Å². The molecule has 1 amide bonds. The molecule has 1 fully saturated rings. The van der Waals surface area contributed by atoms with Crippen LogP contribution >= 0.6 is 0 Å². The number of hydrogen-bond acceptors (Lipinski definition) is 4. The minimum atomic E-state index is -0.480. The van der Waals surface area contributed by atoms with Gasteiger partial charge in [0.15, 0.2) is 5.78 Å². The lowest BCUT2D eigenvalue weighted by molar-refractivity contribution is -0.00917. The number of aryl methyl sites for hydroxylation is 2. The number of Topliss-reactive ketones (excluding diaryl/α,β-unsaturated/α-hetero) is 1. The van der Waals surface area contributed by atoms with Crippen LogP contribution in [-0.4, -0.2) is 42.1 Å². The van der Waals surface area contributed by atoms with Crippen molar-refractivity contribution in [3.8, 4) is 5.75 Å². The van der Waals surface area contributed by atoms with Gasteiger partial charge in [-0.3, -0.25) is 4.79 Å². The van der Waals surface area contributed by atoms with Gasteiger partial charge in [0.2, 0.25) is 0 Å². The van der Waals surface area contributed by atoms with E-state index < -0.39 is 5.60 Å². The Labute approximate surface area is 149 Å². The van der Waals surface area contributed by atoms with Crippen LogP contribution in [-0.2, 0) is 4.74 Å². The Bertz CT molecular complexity index is 675. The Morgan fingerprint density at radius 3 is 2.60 bits per heavy atom. The minimum Gasteiger partial charge on any atom is -0.486 e. The maximum absolute atomic E-state index is 12.6. The minimum absolute atomic E-state index is 0.142. The second kappa shape index (κ2) is 7.06. The van der Waals surface area contributed by atoms with Gasteiger partial charge in [0, 0.05) is 25.9 Å². The van der Waals surface area contributed by atoms with E-state index in [4.69, 9.17) is 9.47 Å². The standard InChI is InChI=1S/C20H27NO4/c1-4-5-10-24-19(23)21-8-6-20(7-9-21)13-17(22)16-11-14(2)15(3)12-18(16)25-20/h11-12H,4-10,13H2,1-3H3. The van der Waals surface area contributed by atoms with Crippen molar-refractivity contribution in [2.45, 2.75) is 58.5 Å². The first-order valence-corrected chi connectivity index (χ1v) is 9.19. The summed E-state index contributed by atoms with van der Waals surface area (Å²) in [6, 6.07) is 3.90. The number of benzene rings is 1. The monoisotopic (exact) mass is 345 g/mol. The number of hydrogen-bond donors (Lipinski definition) is 0. The molecule has 5 nitrogen and oxygen atoms in total. The van der Waals surface area contributed by atoms with Gasteiger partial charge < -0.3 is 14.4 Å². The zero-order valence-electron chi connectivity index (χ0n) is 15.4. The van der Waals surface area contributed by atoms with Crippen molar-refractivity contribution in [1.29, 1.82) is 0 Å². The Kier molecular flexibility index (Phi) is 5.02. The normalized spacial score (nSPS) is 18.7. The predicted molar refractivity (Wildman–Crippen MR) is 95.3 cm³/mol. The second-order valence-corrected chi connectivity index (χ2v) is 7.27. The molecular formula is C20H27NO4. The Balaban J connectivity index is 1.66. The Morgan fingerprint density at radius 2 is 1.92 bits per heavy atom. The lowest BCUT2D eigenvalue weighted by atomic mass is 9.82. The summed E-state index contributed by atoms with van der Waals surface area (Å²) in [4.78, 5) is 26.4. The summed E-state index contributed by atoms with van der Waals surface area (Å²) < 4.78 is 11.6. The van der Waals surface area contributed by atoms with Crippen LogP contribution in [0.4, 0.5) is 4.79 Å². The average molecular weight is 345 g/mol. The maximum atomic E-state index is 12.6. The molecule has 2 heterocycles. The number of nitrogens with zero attached hydrogens (tertiary/aromatic N) is 1. The maximum Gasteiger partial charge on any atom is 0.409 e. The number of rotatable bonds is 3. The van der Waals surface area contributed by atoms with Crippen LogP contribution < -0.4 is 4.74 Å². The van der Waals surface area contributed by atoms with Crippen molar-refractivity contribution in [1.82, 2.24) is 4.90 Å². The first-order valence-electron chi connectivity index (χ1n) is 9.19. The number of piperidine rings is 1. The fourth-order valence-corrected chi connectivity index (χ4v) is 3.52. The molecule has 1 spiro atoms. The van der Waals surface area contributed by atoms with E-state index in [-0.39, 0.29) is 11.9 Å². The van der Waals surface area contributed by atoms with E-state index in [9.17, 15) is 9.59 Å². The van der Waals surface area contributed by atoms with E-state index in [0.29, 0.717) is 50.3 Å². The molecule has 1 aromatic carbocycles. The van der Waals surface area contributed by atoms with Crippen molar-refractivity contribution < 1.29 is 19.1 Å². The van der Waals surface area contributed by atoms with Gasteiger partial charge in [-0.2, -0.15) is 0 Å². The van der Waals surface area contributed by atoms with Gasteiger partial charge in [0.05, 0.1) is 18.6 Å². The second-order valence-electron chi connectivity index (χ2n) is 7.27. The molecular weight excluding hydrogens is 318 g/mol. The van der Waals surface area contributed by atoms with Crippen molar-refractivity contribution >= 4 is 11.9 Å². The van der Waals surface area contributed by atoms with Gasteiger partial charge in [-0.25, -0.2) is 4.79 Å². The van der Waals surface area contributed by atoms with Crippen molar-refractivity contribution in [3.63, 3.8) is 0 Å². The van der Waals surface area contributed by atoms with E-state index in [1.165, 1.54) is 0 Å². The third-order valence-electron chi connectivity index (χ3n) is 5.36. The highest BCUT2D eigenvalue weighted by Crippen LogP contribution is 2.40. The summed E-state index contributed by atoms with van der Waals surface area (Å²) in [7, 11) is 0. The lowest BCUT2D eigenvalue weighted by Crippen LogP contribution is -2.52. The van der Waals surface area contributed by atoms with Crippen LogP contribution in [0.1, 0.15) is 60.5 Å². The molecule has 2 aliphatic heterocycles. The topological polar surface area (TPSA) is 55.8 Å². The van der Waals surface area contributed by atoms with Gasteiger partial charge in [-0.1, -0.05) is 13.3 Å². The summed E-state index contributed by atoms with van der Waals surface area (Å²) in [6.07, 6.45) is 3.35. The molecule has 0 aromatic heterocycles. The molecule has 136 valence electrons. The van der Waals surface area contributed by atoms with E-state index in [2.05, 4.69) is 6.92 Å². The fraction of sp³-hybridized carbons (Fsp3) is 0.600. The number of likely N-dealkylation sites (tertiary alicyclic amines) is 1. The van der Waals surface area contributed by atoms with E-state index in [1.54, 1.807) is 4.90 Å². The van der Waals surface area contributed by atoms with Crippen LogP contribution in [0.25, 0.3) is 0 Å². The summed E-state index contributed by atoms with van der Waals surface area (Å²) in [6.45, 7) is 7.71. The molecule has 0 saturated carbocycles. The van der Waals surface area contributed by atoms with Crippen LogP contribution in [0.15, 0.2) is 12.1 Å². The number of unbranched alkanes of at least 4 members (excludes halogenated alkanes) is 1. The van der Waals surface area contributed by atoms with Gasteiger partial charge >= 0.3 is 6.09 Å². The summed E-state index contributed by atoms with van der Waals surface area (Å²) >= 11 is 0. The van der Waals surface area contributed by atoms with Crippen LogP contribution in [0.5, 0.6) is 5.75 Å². The van der Waals surface area contributed by atoms with Crippen LogP contribution in [0.2, 0.25) is 0 Å². The molecule has 0 bridgehead atoms. The highest BCUT2D eigenvalue weighted by molar-refractivity contribution is 6.00. The largest absolute Gasteiger partial charge is 0.486 e. The van der Waals surface area contributed by atoms with Gasteiger partial charge in [-0.15, -0.1) is 0 Å². The molecule has 1 aromatic rings. The zero-order chi connectivity index (χ0) is 18.0. The molecule has 0 radical (unpaired) electrons. The Morgan fingerprint density at radius 1 is 1.24 bits per heavy atom. The molecule has 1 saturated heterocycles. The number of amides is 1. The Hall–Kier alpha value is -2.04. The van der Waals surface area contributed by atoms with Crippen LogP contribution in [0.3, 0.4) is 0 Å². The molecule has 0 N–H and O–H groups in total. The summed E-state index contributed by atoms with van der Waals surface area (Å²) in [5.41, 5.74) is 2.44. The summed E-state index contributed by atoms with van der Waals surface area (Å²) in [5.74, 6) is 0.835. The molecule has 5 heteroatoms. The molecule has 25 heavy (non-hydrogen) atoms. The zero-order valence-corrected chi connectivity index (χ0v) is 15.4. The first kappa shape index (κ1) is 17.8. The highest BCUT2D eigenvalue weighted by atomic mass is 16.6. The number of ketones is 1. The van der Waals surface area contributed by atoms with E-state index in [1.807, 2.05) is 26.0 Å². The SMILES string of the molecule is CCCCOC(=O)N1CCC2(CC1)CC(=O)c1cc(C)c(C)cc1O2.